The fraction of sp³-hybridized carbons (Fsp3) is 0.296. The van der Waals surface area contributed by atoms with Crippen LogP contribution in [0.25, 0.3) is 32.9 Å². The second-order valence-corrected chi connectivity index (χ2v) is 8.65. The molecule has 0 bridgehead atoms. The highest BCUT2D eigenvalue weighted by molar-refractivity contribution is 6.11. The van der Waals surface area contributed by atoms with Crippen LogP contribution >= 0.6 is 0 Å². The third-order valence-electron chi connectivity index (χ3n) is 7.09. The molecule has 0 amide bonds. The Morgan fingerprint density at radius 1 is 0.690 bits per heavy atom. The Kier molecular flexibility index (Phi) is 3.71. The minimum atomic E-state index is 1.09. The van der Waals surface area contributed by atoms with Crippen molar-refractivity contribution in [2.75, 3.05) is 18.0 Å². The van der Waals surface area contributed by atoms with E-state index in [4.69, 9.17) is 4.98 Å². The lowest BCUT2D eigenvalue weighted by molar-refractivity contribution is 0.630. The van der Waals surface area contributed by atoms with Crippen molar-refractivity contribution < 1.29 is 0 Å². The van der Waals surface area contributed by atoms with Crippen LogP contribution in [0.3, 0.4) is 0 Å². The van der Waals surface area contributed by atoms with E-state index in [0.717, 1.165) is 11.0 Å². The molecule has 2 aliphatic rings. The van der Waals surface area contributed by atoms with Gasteiger partial charge in [-0.15, -0.1) is 0 Å². The molecule has 0 radical (unpaired) electrons. The van der Waals surface area contributed by atoms with Gasteiger partial charge in [0, 0.05) is 35.1 Å². The Balaban J connectivity index is 1.79. The van der Waals surface area contributed by atoms with Gasteiger partial charge in [0.25, 0.3) is 0 Å². The van der Waals surface area contributed by atoms with Gasteiger partial charge in [-0.25, -0.2) is 4.98 Å². The van der Waals surface area contributed by atoms with Crippen LogP contribution in [0.5, 0.6) is 0 Å². The summed E-state index contributed by atoms with van der Waals surface area (Å²) in [6.07, 6.45) is 4.96. The first-order chi connectivity index (χ1) is 14.2. The van der Waals surface area contributed by atoms with Crippen LogP contribution in [0, 0.1) is 13.8 Å². The standard InChI is InChI=1S/C27H26N2/c1-17-19-11-7-15-29-16-8-12-20(27(19)29)18(2)25(17)26-21-9-3-5-13-23(21)28-24-14-6-4-10-22(24)26/h3-6,9-10,13-14H,7-8,11-12,15-16H2,1-2H3. The Morgan fingerprint density at radius 3 is 1.76 bits per heavy atom. The number of fused-ring (bicyclic) bond motifs is 2. The van der Waals surface area contributed by atoms with Gasteiger partial charge >= 0.3 is 0 Å². The van der Waals surface area contributed by atoms with Gasteiger partial charge < -0.3 is 4.90 Å². The zero-order valence-corrected chi connectivity index (χ0v) is 17.3. The zero-order chi connectivity index (χ0) is 19.5. The molecule has 0 fully saturated rings. The van der Waals surface area contributed by atoms with Gasteiger partial charge in [-0.2, -0.15) is 0 Å². The van der Waals surface area contributed by atoms with Crippen molar-refractivity contribution in [2.24, 2.45) is 0 Å². The molecule has 0 saturated heterocycles. The molecule has 0 atom stereocenters. The summed E-state index contributed by atoms with van der Waals surface area (Å²) in [4.78, 5) is 7.63. The lowest BCUT2D eigenvalue weighted by atomic mass is 9.79. The predicted octanol–water partition coefficient (Wildman–Crippen LogP) is 6.37. The van der Waals surface area contributed by atoms with E-state index in [9.17, 15) is 0 Å². The molecule has 0 aliphatic carbocycles. The molecule has 0 unspecified atom stereocenters. The van der Waals surface area contributed by atoms with Crippen molar-refractivity contribution in [3.05, 3.63) is 70.8 Å². The van der Waals surface area contributed by atoms with E-state index >= 15 is 0 Å². The van der Waals surface area contributed by atoms with Crippen LogP contribution < -0.4 is 4.90 Å². The molecule has 0 spiro atoms. The van der Waals surface area contributed by atoms with E-state index in [1.54, 1.807) is 16.8 Å². The first-order valence-electron chi connectivity index (χ1n) is 10.9. The Labute approximate surface area is 172 Å². The molecule has 2 heteroatoms. The van der Waals surface area contributed by atoms with Crippen LogP contribution in [0.2, 0.25) is 0 Å². The highest BCUT2D eigenvalue weighted by Crippen LogP contribution is 2.47. The molecular weight excluding hydrogens is 352 g/mol. The third-order valence-corrected chi connectivity index (χ3v) is 7.09. The number of anilines is 1. The molecular formula is C27H26N2. The average Bonchev–Trinajstić information content (AvgIpc) is 2.77. The average molecular weight is 379 g/mol. The summed E-state index contributed by atoms with van der Waals surface area (Å²) in [7, 11) is 0. The summed E-state index contributed by atoms with van der Waals surface area (Å²) in [6.45, 7) is 7.17. The maximum absolute atomic E-state index is 4.97. The number of para-hydroxylation sites is 2. The maximum Gasteiger partial charge on any atom is 0.0715 e. The second-order valence-electron chi connectivity index (χ2n) is 8.65. The molecule has 0 saturated carbocycles. The number of rotatable bonds is 1. The van der Waals surface area contributed by atoms with Crippen LogP contribution in [0.1, 0.15) is 35.1 Å². The monoisotopic (exact) mass is 378 g/mol. The number of hydrogen-bond donors (Lipinski definition) is 0. The van der Waals surface area contributed by atoms with Crippen LogP contribution in [0.4, 0.5) is 5.69 Å². The van der Waals surface area contributed by atoms with Gasteiger partial charge in [-0.1, -0.05) is 36.4 Å². The summed E-state index contributed by atoms with van der Waals surface area (Å²) in [5, 5.41) is 2.54. The number of hydrogen-bond acceptors (Lipinski definition) is 2. The minimum Gasteiger partial charge on any atom is -0.371 e. The summed E-state index contributed by atoms with van der Waals surface area (Å²) >= 11 is 0. The number of pyridine rings is 1. The maximum atomic E-state index is 4.97. The SMILES string of the molecule is Cc1c2c3c(c(C)c1-c1c4ccccc4nc4ccccc14)CCCN3CCC2. The molecule has 2 aliphatic heterocycles. The smallest absolute Gasteiger partial charge is 0.0715 e. The molecule has 4 aromatic rings. The first-order valence-corrected chi connectivity index (χ1v) is 10.9. The van der Waals surface area contributed by atoms with Crippen molar-refractivity contribution in [2.45, 2.75) is 39.5 Å². The van der Waals surface area contributed by atoms with E-state index in [1.165, 1.54) is 71.8 Å². The van der Waals surface area contributed by atoms with Crippen molar-refractivity contribution >= 4 is 27.5 Å². The molecule has 3 heterocycles. The molecule has 29 heavy (non-hydrogen) atoms. The highest BCUT2D eigenvalue weighted by atomic mass is 15.1. The van der Waals surface area contributed by atoms with Gasteiger partial charge in [0.05, 0.1) is 11.0 Å². The Bertz CT molecular complexity index is 1190. The minimum absolute atomic E-state index is 1.09. The van der Waals surface area contributed by atoms with Gasteiger partial charge in [-0.3, -0.25) is 0 Å². The van der Waals surface area contributed by atoms with E-state index in [-0.39, 0.29) is 0 Å². The molecule has 2 nitrogen and oxygen atoms in total. The molecule has 6 rings (SSSR count). The number of nitrogens with zero attached hydrogens (tertiary/aromatic N) is 2. The van der Waals surface area contributed by atoms with E-state index in [2.05, 4.69) is 67.3 Å². The summed E-state index contributed by atoms with van der Waals surface area (Å²) in [5.74, 6) is 0. The topological polar surface area (TPSA) is 16.1 Å². The quantitative estimate of drug-likeness (QED) is 0.358. The largest absolute Gasteiger partial charge is 0.371 e. The fourth-order valence-corrected chi connectivity index (χ4v) is 5.83. The summed E-state index contributed by atoms with van der Waals surface area (Å²) in [6, 6.07) is 17.3. The van der Waals surface area contributed by atoms with Crippen LogP contribution in [0.15, 0.2) is 48.5 Å². The fourth-order valence-electron chi connectivity index (χ4n) is 5.83. The third kappa shape index (κ3) is 2.38. The van der Waals surface area contributed by atoms with Crippen molar-refractivity contribution in [3.63, 3.8) is 0 Å². The normalized spacial score (nSPS) is 15.7. The van der Waals surface area contributed by atoms with Crippen molar-refractivity contribution in [3.8, 4) is 11.1 Å². The summed E-state index contributed by atoms with van der Waals surface area (Å²) in [5.41, 5.74) is 12.7. The predicted molar refractivity (Wildman–Crippen MR) is 123 cm³/mol. The van der Waals surface area contributed by atoms with E-state index in [0.29, 0.717) is 0 Å². The number of benzene rings is 3. The lowest BCUT2D eigenvalue weighted by Crippen LogP contribution is -2.35. The molecule has 0 N–H and O–H groups in total. The van der Waals surface area contributed by atoms with E-state index < -0.39 is 0 Å². The van der Waals surface area contributed by atoms with Crippen LogP contribution in [-0.4, -0.2) is 18.1 Å². The van der Waals surface area contributed by atoms with Gasteiger partial charge in [-0.05, 0) is 79.5 Å². The number of aromatic nitrogens is 1. The highest BCUT2D eigenvalue weighted by Gasteiger charge is 2.29. The second kappa shape index (κ2) is 6.32. The van der Waals surface area contributed by atoms with Crippen molar-refractivity contribution in [1.82, 2.24) is 4.98 Å². The molecule has 3 aromatic carbocycles. The van der Waals surface area contributed by atoms with Crippen LogP contribution in [-0.2, 0) is 12.8 Å². The molecule has 1 aromatic heterocycles. The van der Waals surface area contributed by atoms with Crippen molar-refractivity contribution in [1.29, 1.82) is 0 Å². The van der Waals surface area contributed by atoms with Gasteiger partial charge in [0.2, 0.25) is 0 Å². The van der Waals surface area contributed by atoms with E-state index in [1.807, 2.05) is 0 Å². The van der Waals surface area contributed by atoms with Gasteiger partial charge in [0.1, 0.15) is 0 Å². The lowest BCUT2D eigenvalue weighted by Gasteiger charge is -2.39. The zero-order valence-electron chi connectivity index (χ0n) is 17.3. The summed E-state index contributed by atoms with van der Waals surface area (Å²) < 4.78 is 0. The Morgan fingerprint density at radius 2 is 1.21 bits per heavy atom. The first kappa shape index (κ1) is 17.0. The Hall–Kier alpha value is -2.87. The molecule has 144 valence electrons. The van der Waals surface area contributed by atoms with Gasteiger partial charge in [0.15, 0.2) is 0 Å².